The van der Waals surface area contributed by atoms with Crippen molar-refractivity contribution in [2.24, 2.45) is 4.99 Å². The molecule has 1 aromatic carbocycles. The van der Waals surface area contributed by atoms with E-state index in [0.29, 0.717) is 16.3 Å². The van der Waals surface area contributed by atoms with Gasteiger partial charge in [-0.15, -0.1) is 11.3 Å². The van der Waals surface area contributed by atoms with Gasteiger partial charge in [-0.1, -0.05) is 6.07 Å². The summed E-state index contributed by atoms with van der Waals surface area (Å²) in [5.41, 5.74) is 4.98. The molecule has 0 saturated carbocycles. The van der Waals surface area contributed by atoms with Crippen LogP contribution in [0, 0.1) is 27.7 Å². The molecule has 0 spiro atoms. The number of Topliss-reactive ketones (excluding diaryl/α,β-unsaturated/α-hetero) is 1. The highest BCUT2D eigenvalue weighted by atomic mass is 32.1. The quantitative estimate of drug-likeness (QED) is 0.525. The molecule has 5 nitrogen and oxygen atoms in total. The monoisotopic (exact) mass is 379 g/mol. The van der Waals surface area contributed by atoms with Crippen LogP contribution in [-0.2, 0) is 0 Å². The van der Waals surface area contributed by atoms with Gasteiger partial charge in [0.25, 0.3) is 0 Å². The second-order valence-corrected chi connectivity index (χ2v) is 7.50. The van der Waals surface area contributed by atoms with Crippen molar-refractivity contribution in [1.29, 1.82) is 0 Å². The molecule has 3 rings (SSSR count). The van der Waals surface area contributed by atoms with Crippen molar-refractivity contribution in [1.82, 2.24) is 9.97 Å². The maximum atomic E-state index is 12.6. The maximum Gasteiger partial charge on any atom is 0.196 e. The van der Waals surface area contributed by atoms with Gasteiger partial charge >= 0.3 is 0 Å². The molecule has 2 heterocycles. The summed E-state index contributed by atoms with van der Waals surface area (Å²) in [5.74, 6) is 0.231. The van der Waals surface area contributed by atoms with Gasteiger partial charge in [-0.3, -0.25) is 14.8 Å². The number of nitrogens with zero attached hydrogens (tertiary/aromatic N) is 3. The maximum absolute atomic E-state index is 12.6. The van der Waals surface area contributed by atoms with Crippen molar-refractivity contribution in [2.45, 2.75) is 27.7 Å². The summed E-state index contributed by atoms with van der Waals surface area (Å²) in [6.45, 7) is 7.55. The molecule has 0 aliphatic carbocycles. The molecular weight excluding hydrogens is 358 g/mol. The Kier molecular flexibility index (Phi) is 5.46. The molecule has 0 unspecified atom stereocenters. The topological polar surface area (TPSA) is 75.4 Å². The normalized spacial score (nSPS) is 11.3. The van der Waals surface area contributed by atoms with Crippen LogP contribution in [0.25, 0.3) is 10.7 Å². The number of phenols is 1. The number of carbonyl (C=O) groups is 1. The molecule has 0 radical (unpaired) electrons. The van der Waals surface area contributed by atoms with E-state index in [2.05, 4.69) is 15.0 Å². The zero-order chi connectivity index (χ0) is 19.6. The zero-order valence-corrected chi connectivity index (χ0v) is 16.6. The van der Waals surface area contributed by atoms with Gasteiger partial charge in [0.15, 0.2) is 5.78 Å². The smallest absolute Gasteiger partial charge is 0.196 e. The van der Waals surface area contributed by atoms with E-state index in [0.717, 1.165) is 33.0 Å². The van der Waals surface area contributed by atoms with Crippen LogP contribution in [0.4, 0.5) is 0 Å². The number of benzene rings is 1. The van der Waals surface area contributed by atoms with Crippen molar-refractivity contribution in [2.75, 3.05) is 6.54 Å². The number of aromatic hydroxyl groups is 1. The van der Waals surface area contributed by atoms with Gasteiger partial charge in [0.2, 0.25) is 0 Å². The van der Waals surface area contributed by atoms with Crippen LogP contribution in [0.2, 0.25) is 0 Å². The highest BCUT2D eigenvalue weighted by Crippen LogP contribution is 2.29. The van der Waals surface area contributed by atoms with Crippen LogP contribution >= 0.6 is 11.3 Å². The first-order chi connectivity index (χ1) is 12.9. The largest absolute Gasteiger partial charge is 0.507 e. The average molecular weight is 379 g/mol. The number of hydrogen-bond acceptors (Lipinski definition) is 6. The highest BCUT2D eigenvalue weighted by Gasteiger charge is 2.17. The van der Waals surface area contributed by atoms with Gasteiger partial charge in [-0.2, -0.15) is 0 Å². The van der Waals surface area contributed by atoms with Crippen LogP contribution in [0.3, 0.4) is 0 Å². The average Bonchev–Trinajstić information content (AvgIpc) is 3.01. The number of ketones is 1. The predicted octanol–water partition coefficient (Wildman–Crippen LogP) is 4.45. The van der Waals surface area contributed by atoms with Gasteiger partial charge < -0.3 is 5.11 Å². The minimum Gasteiger partial charge on any atom is -0.507 e. The number of pyridine rings is 1. The lowest BCUT2D eigenvalue weighted by Crippen LogP contribution is -2.03. The summed E-state index contributed by atoms with van der Waals surface area (Å²) in [7, 11) is 0. The predicted molar refractivity (Wildman–Crippen MR) is 109 cm³/mol. The number of aryl methyl sites for hydroxylation is 4. The summed E-state index contributed by atoms with van der Waals surface area (Å²) in [5, 5.41) is 10.6. The Balaban J connectivity index is 1.76. The summed E-state index contributed by atoms with van der Waals surface area (Å²) in [6, 6.07) is 7.55. The molecule has 0 bridgehead atoms. The Morgan fingerprint density at radius 3 is 2.56 bits per heavy atom. The zero-order valence-electron chi connectivity index (χ0n) is 15.8. The number of rotatable bonds is 5. The Labute approximate surface area is 162 Å². The number of thiazole rings is 1. The van der Waals surface area contributed by atoms with Gasteiger partial charge in [-0.05, 0) is 68.1 Å². The highest BCUT2D eigenvalue weighted by molar-refractivity contribution is 7.17. The molecule has 0 atom stereocenters. The van der Waals surface area contributed by atoms with Crippen LogP contribution in [-0.4, -0.2) is 33.6 Å². The Hall–Kier alpha value is -2.86. The van der Waals surface area contributed by atoms with Crippen molar-refractivity contribution in [3.05, 3.63) is 63.3 Å². The summed E-state index contributed by atoms with van der Waals surface area (Å²) in [6.07, 6.45) is 3.39. The second-order valence-electron chi connectivity index (χ2n) is 6.50. The molecule has 1 N–H and O–H groups in total. The third kappa shape index (κ3) is 4.11. The number of aromatic nitrogens is 2. The van der Waals surface area contributed by atoms with Crippen molar-refractivity contribution < 1.29 is 9.90 Å². The van der Waals surface area contributed by atoms with E-state index in [9.17, 15) is 9.90 Å². The lowest BCUT2D eigenvalue weighted by molar-refractivity contribution is 0.100. The van der Waals surface area contributed by atoms with Crippen LogP contribution < -0.4 is 0 Å². The Morgan fingerprint density at radius 1 is 1.19 bits per heavy atom. The van der Waals surface area contributed by atoms with Crippen LogP contribution in [0.15, 0.2) is 35.5 Å². The van der Waals surface area contributed by atoms with Crippen molar-refractivity contribution >= 4 is 23.3 Å². The van der Waals surface area contributed by atoms with Crippen LogP contribution in [0.1, 0.15) is 37.6 Å². The number of hydrogen-bond donors (Lipinski definition) is 1. The molecule has 0 aliphatic rings. The molecule has 138 valence electrons. The van der Waals surface area contributed by atoms with Crippen molar-refractivity contribution in [3.8, 4) is 16.5 Å². The van der Waals surface area contributed by atoms with Crippen LogP contribution in [0.5, 0.6) is 5.75 Å². The van der Waals surface area contributed by atoms with E-state index in [-0.39, 0.29) is 12.3 Å². The van der Waals surface area contributed by atoms with E-state index in [4.69, 9.17) is 0 Å². The summed E-state index contributed by atoms with van der Waals surface area (Å²) in [4.78, 5) is 26.4. The third-order valence-corrected chi connectivity index (χ3v) is 5.46. The third-order valence-electron chi connectivity index (χ3n) is 4.25. The lowest BCUT2D eigenvalue weighted by atomic mass is 10.1. The molecule has 0 fully saturated rings. The standard InChI is InChI=1S/C21H21N3O2S/c1-12-6-5-7-23-18(12)21-24-15(4)20(27-21)17(25)11-22-10-16-8-13(2)19(26)14(3)9-16/h5-10,26H,11H2,1-4H3. The van der Waals surface area contributed by atoms with Gasteiger partial charge in [0.1, 0.15) is 23.0 Å². The van der Waals surface area contributed by atoms with E-state index >= 15 is 0 Å². The molecule has 3 aromatic rings. The van der Waals surface area contributed by atoms with E-state index in [1.807, 2.05) is 52.0 Å². The molecule has 0 saturated heterocycles. The van der Waals surface area contributed by atoms with Crippen molar-refractivity contribution in [3.63, 3.8) is 0 Å². The minimum atomic E-state index is -0.0618. The Morgan fingerprint density at radius 2 is 1.89 bits per heavy atom. The first-order valence-corrected chi connectivity index (χ1v) is 9.41. The van der Waals surface area contributed by atoms with Gasteiger partial charge in [0.05, 0.1) is 10.6 Å². The fourth-order valence-corrected chi connectivity index (χ4v) is 3.89. The Bertz CT molecular complexity index is 1010. The molecule has 0 aliphatic heterocycles. The molecule has 27 heavy (non-hydrogen) atoms. The van der Waals surface area contributed by atoms with E-state index in [1.165, 1.54) is 11.3 Å². The molecule has 2 aromatic heterocycles. The second kappa shape index (κ2) is 7.80. The fourth-order valence-electron chi connectivity index (χ4n) is 2.84. The fraction of sp³-hybridized carbons (Fsp3) is 0.238. The van der Waals surface area contributed by atoms with Gasteiger partial charge in [0, 0.05) is 12.4 Å². The lowest BCUT2D eigenvalue weighted by Gasteiger charge is -2.04. The minimum absolute atomic E-state index is 0.0582. The summed E-state index contributed by atoms with van der Waals surface area (Å²) < 4.78 is 0. The molecule has 0 amide bonds. The number of carbonyl (C=O) groups excluding carboxylic acids is 1. The SMILES string of the molecule is Cc1cccnc1-c1nc(C)c(C(=O)CN=Cc2cc(C)c(O)c(C)c2)s1. The molecular formula is C21H21N3O2S. The first kappa shape index (κ1) is 18.9. The summed E-state index contributed by atoms with van der Waals surface area (Å²) >= 11 is 1.36. The number of phenolic OH excluding ortho intramolecular Hbond substituents is 1. The van der Waals surface area contributed by atoms with E-state index < -0.39 is 0 Å². The molecule has 6 heteroatoms. The van der Waals surface area contributed by atoms with Gasteiger partial charge in [-0.25, -0.2) is 4.98 Å². The number of aliphatic imine (C=N–C) groups is 1. The first-order valence-electron chi connectivity index (χ1n) is 8.59. The van der Waals surface area contributed by atoms with E-state index in [1.54, 1.807) is 12.4 Å².